The maximum Gasteiger partial charge on any atom is 0.226 e. The second-order valence-electron chi connectivity index (χ2n) is 6.60. The number of aromatic nitrogens is 4. The average Bonchev–Trinajstić information content (AvgIpc) is 3.11. The molecule has 3 heterocycles. The third kappa shape index (κ3) is 3.61. The first-order chi connectivity index (χ1) is 13.7. The van der Waals surface area contributed by atoms with E-state index in [1.165, 1.54) is 0 Å². The summed E-state index contributed by atoms with van der Waals surface area (Å²) in [4.78, 5) is 16.4. The Hall–Kier alpha value is -2.83. The van der Waals surface area contributed by atoms with Gasteiger partial charge in [0, 0.05) is 31.5 Å². The molecule has 0 bridgehead atoms. The number of methoxy groups -OCH3 is 2. The molecule has 0 unspecified atom stereocenters. The molecule has 7 heteroatoms. The first kappa shape index (κ1) is 19.9. The Kier molecular flexibility index (Phi) is 6.34. The molecule has 0 aliphatic carbocycles. The van der Waals surface area contributed by atoms with Crippen LogP contribution in [0.5, 0.6) is 11.8 Å². The molecule has 3 aromatic rings. The number of hydrogen-bond donors (Lipinski definition) is 0. The first-order valence-electron chi connectivity index (χ1n) is 9.88. The van der Waals surface area contributed by atoms with Crippen molar-refractivity contribution in [1.82, 2.24) is 19.4 Å². The number of aryl methyl sites for hydroxylation is 1. The normalized spacial score (nSPS) is 11.0. The van der Waals surface area contributed by atoms with E-state index < -0.39 is 0 Å². The van der Waals surface area contributed by atoms with Crippen LogP contribution in [-0.4, -0.2) is 46.7 Å². The molecule has 0 fully saturated rings. The molecule has 7 nitrogen and oxygen atoms in total. The van der Waals surface area contributed by atoms with Crippen molar-refractivity contribution >= 4 is 11.5 Å². The zero-order chi connectivity index (χ0) is 20.1. The van der Waals surface area contributed by atoms with Gasteiger partial charge in [-0.15, -0.1) is 0 Å². The maximum atomic E-state index is 5.50. The summed E-state index contributed by atoms with van der Waals surface area (Å²) in [5.74, 6) is 2.13. The molecule has 150 valence electrons. The van der Waals surface area contributed by atoms with Crippen LogP contribution in [0.1, 0.15) is 39.3 Å². The fourth-order valence-corrected chi connectivity index (χ4v) is 3.51. The number of nitrogens with zero attached hydrogens (tertiary/aromatic N) is 5. The summed E-state index contributed by atoms with van der Waals surface area (Å²) in [5, 5.41) is 0. The summed E-state index contributed by atoms with van der Waals surface area (Å²) >= 11 is 0. The van der Waals surface area contributed by atoms with Crippen molar-refractivity contribution in [2.45, 2.75) is 40.0 Å². The molecule has 0 radical (unpaired) electrons. The van der Waals surface area contributed by atoms with Crippen LogP contribution in [0.25, 0.3) is 16.9 Å². The standard InChI is InChI=1S/C21H29N5O2/c1-6-12-25(13-7-2)21-16(8-3)23-19-18(22-11-14-26(19)21)15-9-10-17(27-4)24-20(15)28-5/h9-11,14H,6-8,12-13H2,1-5H3. The van der Waals surface area contributed by atoms with Crippen LogP contribution in [0.3, 0.4) is 0 Å². The van der Waals surface area contributed by atoms with Crippen molar-refractivity contribution in [3.63, 3.8) is 0 Å². The van der Waals surface area contributed by atoms with Crippen LogP contribution >= 0.6 is 0 Å². The predicted octanol–water partition coefficient (Wildman–Crippen LogP) is 4.00. The fourth-order valence-electron chi connectivity index (χ4n) is 3.51. The van der Waals surface area contributed by atoms with Crippen molar-refractivity contribution in [3.05, 3.63) is 30.2 Å². The number of pyridine rings is 1. The van der Waals surface area contributed by atoms with Gasteiger partial charge in [0.05, 0.1) is 25.5 Å². The largest absolute Gasteiger partial charge is 0.481 e. The molecule has 0 N–H and O–H groups in total. The third-order valence-corrected chi connectivity index (χ3v) is 4.70. The van der Waals surface area contributed by atoms with E-state index in [2.05, 4.69) is 40.0 Å². The van der Waals surface area contributed by atoms with Gasteiger partial charge in [-0.25, -0.2) is 4.98 Å². The quantitative estimate of drug-likeness (QED) is 0.556. The van der Waals surface area contributed by atoms with Gasteiger partial charge in [-0.05, 0) is 25.3 Å². The molecule has 3 rings (SSSR count). The number of hydrogen-bond acceptors (Lipinski definition) is 6. The number of fused-ring (bicyclic) bond motifs is 1. The summed E-state index contributed by atoms with van der Waals surface area (Å²) in [6.45, 7) is 8.56. The van der Waals surface area contributed by atoms with E-state index in [0.717, 1.165) is 60.8 Å². The van der Waals surface area contributed by atoms with Crippen LogP contribution in [0.2, 0.25) is 0 Å². The Balaban J connectivity index is 2.22. The average molecular weight is 383 g/mol. The van der Waals surface area contributed by atoms with Gasteiger partial charge in [0.1, 0.15) is 11.5 Å². The number of rotatable bonds is 9. The van der Waals surface area contributed by atoms with E-state index in [1.54, 1.807) is 14.2 Å². The molecule has 0 saturated heterocycles. The van der Waals surface area contributed by atoms with E-state index >= 15 is 0 Å². The lowest BCUT2D eigenvalue weighted by atomic mass is 10.2. The summed E-state index contributed by atoms with van der Waals surface area (Å²) in [5.41, 5.74) is 3.45. The zero-order valence-electron chi connectivity index (χ0n) is 17.4. The monoisotopic (exact) mass is 383 g/mol. The SMILES string of the molecule is CCCN(CCC)c1c(CC)nc2c(-c3ccc(OC)nc3OC)nccn12. The molecule has 0 spiro atoms. The minimum absolute atomic E-state index is 0.474. The fraction of sp³-hybridized carbons (Fsp3) is 0.476. The lowest BCUT2D eigenvalue weighted by molar-refractivity contribution is 0.366. The summed E-state index contributed by atoms with van der Waals surface area (Å²) in [7, 11) is 3.19. The van der Waals surface area contributed by atoms with Crippen LogP contribution in [0, 0.1) is 0 Å². The zero-order valence-corrected chi connectivity index (χ0v) is 17.4. The van der Waals surface area contributed by atoms with Gasteiger partial charge in [-0.2, -0.15) is 4.98 Å². The van der Waals surface area contributed by atoms with Gasteiger partial charge >= 0.3 is 0 Å². The van der Waals surface area contributed by atoms with Crippen molar-refractivity contribution < 1.29 is 9.47 Å². The number of ether oxygens (including phenoxy) is 2. The van der Waals surface area contributed by atoms with Gasteiger partial charge in [-0.1, -0.05) is 20.8 Å². The van der Waals surface area contributed by atoms with Crippen molar-refractivity contribution in [2.24, 2.45) is 0 Å². The van der Waals surface area contributed by atoms with Crippen LogP contribution in [0.15, 0.2) is 24.5 Å². The molecule has 0 aromatic carbocycles. The smallest absolute Gasteiger partial charge is 0.226 e. The van der Waals surface area contributed by atoms with Gasteiger partial charge in [0.15, 0.2) is 5.65 Å². The molecule has 0 atom stereocenters. The van der Waals surface area contributed by atoms with Crippen molar-refractivity contribution in [3.8, 4) is 23.0 Å². The molecule has 28 heavy (non-hydrogen) atoms. The highest BCUT2D eigenvalue weighted by molar-refractivity contribution is 5.79. The maximum absolute atomic E-state index is 5.50. The van der Waals surface area contributed by atoms with Gasteiger partial charge in [-0.3, -0.25) is 9.38 Å². The van der Waals surface area contributed by atoms with Gasteiger partial charge in [0.2, 0.25) is 11.8 Å². The number of imidazole rings is 1. The molecule has 0 saturated carbocycles. The summed E-state index contributed by atoms with van der Waals surface area (Å²) in [6, 6.07) is 3.73. The summed E-state index contributed by atoms with van der Waals surface area (Å²) in [6.07, 6.45) is 6.84. The lowest BCUT2D eigenvalue weighted by Gasteiger charge is -2.24. The second-order valence-corrected chi connectivity index (χ2v) is 6.60. The van der Waals surface area contributed by atoms with Crippen molar-refractivity contribution in [2.75, 3.05) is 32.2 Å². The van der Waals surface area contributed by atoms with E-state index in [9.17, 15) is 0 Å². The molecule has 0 aliphatic rings. The highest BCUT2D eigenvalue weighted by Gasteiger charge is 2.21. The van der Waals surface area contributed by atoms with Gasteiger partial charge < -0.3 is 14.4 Å². The topological polar surface area (TPSA) is 64.8 Å². The molecular weight excluding hydrogens is 354 g/mol. The number of anilines is 1. The second kappa shape index (κ2) is 8.91. The lowest BCUT2D eigenvalue weighted by Crippen LogP contribution is -2.27. The van der Waals surface area contributed by atoms with Crippen LogP contribution in [0.4, 0.5) is 5.82 Å². The predicted molar refractivity (Wildman–Crippen MR) is 111 cm³/mol. The Morgan fingerprint density at radius 1 is 1.00 bits per heavy atom. The molecule has 3 aromatic heterocycles. The molecule has 0 aliphatic heterocycles. The highest BCUT2D eigenvalue weighted by atomic mass is 16.5. The molecular formula is C21H29N5O2. The Bertz CT molecular complexity index is 932. The third-order valence-electron chi connectivity index (χ3n) is 4.70. The van der Waals surface area contributed by atoms with E-state index in [-0.39, 0.29) is 0 Å². The first-order valence-corrected chi connectivity index (χ1v) is 9.88. The van der Waals surface area contributed by atoms with Crippen molar-refractivity contribution in [1.29, 1.82) is 0 Å². The summed E-state index contributed by atoms with van der Waals surface area (Å²) < 4.78 is 12.9. The van der Waals surface area contributed by atoms with Crippen LogP contribution in [-0.2, 0) is 6.42 Å². The Morgan fingerprint density at radius 3 is 2.36 bits per heavy atom. The molecule has 0 amide bonds. The minimum Gasteiger partial charge on any atom is -0.481 e. The van der Waals surface area contributed by atoms with E-state index in [0.29, 0.717) is 11.8 Å². The van der Waals surface area contributed by atoms with Crippen LogP contribution < -0.4 is 14.4 Å². The highest BCUT2D eigenvalue weighted by Crippen LogP contribution is 2.34. The Morgan fingerprint density at radius 2 is 1.75 bits per heavy atom. The van der Waals surface area contributed by atoms with E-state index in [1.807, 2.05) is 24.5 Å². The Labute approximate surface area is 166 Å². The van der Waals surface area contributed by atoms with E-state index in [4.69, 9.17) is 14.5 Å². The minimum atomic E-state index is 0.474. The van der Waals surface area contributed by atoms with Gasteiger partial charge in [0.25, 0.3) is 0 Å².